The largest absolute Gasteiger partial charge is 0.504 e. The molecule has 1 saturated heterocycles. The topological polar surface area (TPSA) is 128 Å². The number of aliphatic hydroxyl groups is 2. The zero-order chi connectivity index (χ0) is 22.7. The quantitative estimate of drug-likeness (QED) is 0.514. The number of Topliss-reactive ketones (excluding diaryl/α,β-unsaturated/α-hetero) is 1. The van der Waals surface area contributed by atoms with E-state index in [-0.39, 0.29) is 18.2 Å². The molecule has 1 aromatic carbocycles. The number of hydrogen-bond donors (Lipinski definition) is 4. The van der Waals surface area contributed by atoms with Crippen molar-refractivity contribution in [2.45, 2.75) is 68.8 Å². The fourth-order valence-electron chi connectivity index (χ4n) is 5.80. The van der Waals surface area contributed by atoms with Gasteiger partial charge in [-0.25, -0.2) is 4.79 Å². The maximum atomic E-state index is 12.5. The fourth-order valence-corrected chi connectivity index (χ4v) is 5.80. The Balaban J connectivity index is 1.80. The molecule has 31 heavy (non-hydrogen) atoms. The van der Waals surface area contributed by atoms with Crippen molar-refractivity contribution in [2.75, 3.05) is 13.6 Å². The number of carboxylic acid groups (broad SMARTS) is 1. The second kappa shape index (κ2) is 7.32. The van der Waals surface area contributed by atoms with Crippen molar-refractivity contribution in [3.8, 4) is 11.5 Å². The fraction of sp³-hybridized carbons (Fsp3) is 0.565. The number of hydrogen-bond acceptors (Lipinski definition) is 7. The first-order chi connectivity index (χ1) is 14.5. The third-order valence-corrected chi connectivity index (χ3v) is 7.58. The first kappa shape index (κ1) is 21.8. The smallest absolute Gasteiger partial charge is 0.332 e. The number of likely N-dealkylation sites (tertiary alicyclic amines) is 1. The molecule has 4 N–H and O–H groups in total. The van der Waals surface area contributed by atoms with E-state index in [1.807, 2.05) is 33.0 Å². The molecule has 1 spiro atoms. The third kappa shape index (κ3) is 3.00. The number of carbonyl (C=O) groups is 2. The SMILES string of the molecule is Cc1ccc(O)c2c1C13CCN(C)C(C)C1(O)CC=C(CC(=O)CC(O)C(=O)O)C3O2. The maximum absolute atomic E-state index is 12.5. The first-order valence-electron chi connectivity index (χ1n) is 10.6. The molecule has 2 heterocycles. The first-order valence-corrected chi connectivity index (χ1v) is 10.6. The van der Waals surface area contributed by atoms with Gasteiger partial charge >= 0.3 is 5.97 Å². The molecule has 8 heteroatoms. The number of phenolic OH excluding ortho intramolecular Hbond substituents is 1. The van der Waals surface area contributed by atoms with Crippen LogP contribution in [0.5, 0.6) is 11.5 Å². The molecule has 0 radical (unpaired) electrons. The molecule has 3 aliphatic rings. The van der Waals surface area contributed by atoms with Crippen LogP contribution in [-0.2, 0) is 15.0 Å². The summed E-state index contributed by atoms with van der Waals surface area (Å²) in [7, 11) is 1.96. The molecule has 1 aliphatic carbocycles. The van der Waals surface area contributed by atoms with E-state index in [0.717, 1.165) is 11.1 Å². The van der Waals surface area contributed by atoms with Crippen LogP contribution in [0.15, 0.2) is 23.8 Å². The zero-order valence-corrected chi connectivity index (χ0v) is 18.0. The highest BCUT2D eigenvalue weighted by molar-refractivity contribution is 5.86. The summed E-state index contributed by atoms with van der Waals surface area (Å²) in [5, 5.41) is 41.1. The van der Waals surface area contributed by atoms with E-state index in [1.54, 1.807) is 6.07 Å². The van der Waals surface area contributed by atoms with E-state index < -0.39 is 41.4 Å². The van der Waals surface area contributed by atoms with Gasteiger partial charge in [0.25, 0.3) is 0 Å². The molecule has 0 saturated carbocycles. The monoisotopic (exact) mass is 431 g/mol. The van der Waals surface area contributed by atoms with E-state index in [4.69, 9.17) is 9.84 Å². The Hall–Kier alpha value is -2.42. The van der Waals surface area contributed by atoms with Gasteiger partial charge in [-0.2, -0.15) is 0 Å². The van der Waals surface area contributed by atoms with Gasteiger partial charge in [-0.1, -0.05) is 12.1 Å². The van der Waals surface area contributed by atoms with Crippen molar-refractivity contribution >= 4 is 11.8 Å². The molecular formula is C23H29NO7. The van der Waals surface area contributed by atoms with Gasteiger partial charge in [0, 0.05) is 24.4 Å². The number of piperidine rings is 1. The van der Waals surface area contributed by atoms with Crippen LogP contribution in [0.4, 0.5) is 0 Å². The predicted octanol–water partition coefficient (Wildman–Crippen LogP) is 1.28. The zero-order valence-electron chi connectivity index (χ0n) is 18.0. The Kier molecular flexibility index (Phi) is 5.15. The summed E-state index contributed by atoms with van der Waals surface area (Å²) in [6, 6.07) is 3.18. The number of fused-ring (bicyclic) bond motifs is 1. The predicted molar refractivity (Wildman–Crippen MR) is 111 cm³/mol. The minimum Gasteiger partial charge on any atom is -0.504 e. The van der Waals surface area contributed by atoms with Gasteiger partial charge in [-0.3, -0.25) is 4.79 Å². The Morgan fingerprint density at radius 3 is 2.74 bits per heavy atom. The van der Waals surface area contributed by atoms with Crippen LogP contribution in [0, 0.1) is 6.92 Å². The maximum Gasteiger partial charge on any atom is 0.332 e. The summed E-state index contributed by atoms with van der Waals surface area (Å²) < 4.78 is 6.27. The summed E-state index contributed by atoms with van der Waals surface area (Å²) in [6.45, 7) is 4.60. The summed E-state index contributed by atoms with van der Waals surface area (Å²) in [5.41, 5.74) is 0.316. The van der Waals surface area contributed by atoms with Gasteiger partial charge in [-0.15, -0.1) is 0 Å². The summed E-state index contributed by atoms with van der Waals surface area (Å²) in [5.74, 6) is -1.52. The van der Waals surface area contributed by atoms with Gasteiger partial charge in [0.2, 0.25) is 0 Å². The highest BCUT2D eigenvalue weighted by atomic mass is 16.5. The Morgan fingerprint density at radius 1 is 1.35 bits per heavy atom. The number of rotatable bonds is 5. The van der Waals surface area contributed by atoms with Gasteiger partial charge in [-0.05, 0) is 57.5 Å². The van der Waals surface area contributed by atoms with E-state index in [9.17, 15) is 24.9 Å². The van der Waals surface area contributed by atoms with Crippen LogP contribution in [0.1, 0.15) is 43.7 Å². The van der Waals surface area contributed by atoms with Crippen molar-refractivity contribution in [3.63, 3.8) is 0 Å². The number of benzene rings is 1. The molecule has 4 rings (SSSR count). The molecule has 0 amide bonds. The minimum absolute atomic E-state index is 0.00900. The molecule has 2 aliphatic heterocycles. The van der Waals surface area contributed by atoms with E-state index in [2.05, 4.69) is 4.90 Å². The van der Waals surface area contributed by atoms with Crippen LogP contribution < -0.4 is 4.74 Å². The number of nitrogens with zero attached hydrogens (tertiary/aromatic N) is 1. The second-order valence-corrected chi connectivity index (χ2v) is 9.16. The van der Waals surface area contributed by atoms with Crippen molar-refractivity contribution in [1.82, 2.24) is 4.90 Å². The van der Waals surface area contributed by atoms with Crippen LogP contribution in [0.3, 0.4) is 0 Å². The van der Waals surface area contributed by atoms with Crippen LogP contribution in [0.2, 0.25) is 0 Å². The van der Waals surface area contributed by atoms with Crippen molar-refractivity contribution < 1.29 is 34.8 Å². The van der Waals surface area contributed by atoms with Crippen molar-refractivity contribution in [1.29, 1.82) is 0 Å². The third-order valence-electron chi connectivity index (χ3n) is 7.58. The lowest BCUT2D eigenvalue weighted by Gasteiger charge is -2.59. The lowest BCUT2D eigenvalue weighted by Crippen LogP contribution is -2.71. The molecule has 5 atom stereocenters. The number of phenols is 1. The standard InChI is InChI=1S/C23H29NO7/c1-12-4-5-16(26)19-18(12)22-8-9-24(3)13(2)23(22,30)7-6-14(20(22)31-19)10-15(25)11-17(27)21(28)29/h4-6,13,17,20,26-27,30H,7-11H2,1-3H3,(H,28,29). The number of aromatic hydroxyl groups is 1. The van der Waals surface area contributed by atoms with E-state index in [0.29, 0.717) is 30.7 Å². The summed E-state index contributed by atoms with van der Waals surface area (Å²) in [6.07, 6.45) is -0.291. The average molecular weight is 431 g/mol. The Labute approximate surface area is 180 Å². The van der Waals surface area contributed by atoms with Crippen LogP contribution in [0.25, 0.3) is 0 Å². The number of aliphatic carboxylic acids is 1. The van der Waals surface area contributed by atoms with Crippen molar-refractivity contribution in [2.24, 2.45) is 0 Å². The van der Waals surface area contributed by atoms with E-state index in [1.165, 1.54) is 0 Å². The normalized spacial score (nSPS) is 32.9. The highest BCUT2D eigenvalue weighted by Crippen LogP contribution is 2.62. The number of likely N-dealkylation sites (N-methyl/N-ethyl adjacent to an activating group) is 1. The second-order valence-electron chi connectivity index (χ2n) is 9.16. The van der Waals surface area contributed by atoms with Gasteiger partial charge < -0.3 is 30.1 Å². The molecule has 8 nitrogen and oxygen atoms in total. The molecule has 5 unspecified atom stereocenters. The van der Waals surface area contributed by atoms with Crippen LogP contribution in [-0.4, -0.2) is 74.5 Å². The van der Waals surface area contributed by atoms with E-state index >= 15 is 0 Å². The Bertz CT molecular complexity index is 973. The number of carboxylic acids is 1. The molecule has 1 aromatic rings. The number of aliphatic hydroxyl groups excluding tert-OH is 1. The van der Waals surface area contributed by atoms with Crippen LogP contribution >= 0.6 is 0 Å². The number of carbonyl (C=O) groups excluding carboxylic acids is 1. The van der Waals surface area contributed by atoms with Gasteiger partial charge in [0.15, 0.2) is 17.6 Å². The summed E-state index contributed by atoms with van der Waals surface area (Å²) >= 11 is 0. The molecule has 1 fully saturated rings. The number of ether oxygens (including phenoxy) is 1. The number of ketones is 1. The molecular weight excluding hydrogens is 402 g/mol. The van der Waals surface area contributed by atoms with Crippen molar-refractivity contribution in [3.05, 3.63) is 34.9 Å². The molecule has 168 valence electrons. The highest BCUT2D eigenvalue weighted by Gasteiger charge is 2.68. The summed E-state index contributed by atoms with van der Waals surface area (Å²) in [4.78, 5) is 25.6. The molecule has 0 bridgehead atoms. The lowest BCUT2D eigenvalue weighted by atomic mass is 9.53. The van der Waals surface area contributed by atoms with Gasteiger partial charge in [0.1, 0.15) is 11.9 Å². The minimum atomic E-state index is -1.75. The van der Waals surface area contributed by atoms with Gasteiger partial charge in [0.05, 0.1) is 11.0 Å². The number of aryl methyl sites for hydroxylation is 1. The lowest BCUT2D eigenvalue weighted by molar-refractivity contribution is -0.149. The molecule has 0 aromatic heterocycles. The Morgan fingerprint density at radius 2 is 2.06 bits per heavy atom. The average Bonchev–Trinajstić information content (AvgIpc) is 3.08.